The summed E-state index contributed by atoms with van der Waals surface area (Å²) in [5.74, 6) is 2.20. The molecular weight excluding hydrogens is 342 g/mol. The number of carbonyl (C=O) groups excluding carboxylic acids is 1. The highest BCUT2D eigenvalue weighted by molar-refractivity contribution is 5.79. The molecule has 0 bridgehead atoms. The molecule has 0 aliphatic carbocycles. The highest BCUT2D eigenvalue weighted by Gasteiger charge is 2.17. The lowest BCUT2D eigenvalue weighted by molar-refractivity contribution is -0.120. The number of nitrogens with one attached hydrogen (secondary N) is 1. The number of methoxy groups -OCH3 is 3. The van der Waals surface area contributed by atoms with Crippen molar-refractivity contribution in [3.05, 3.63) is 53.1 Å². The zero-order valence-electron chi connectivity index (χ0n) is 16.8. The van der Waals surface area contributed by atoms with E-state index < -0.39 is 0 Å². The molecule has 0 saturated carbocycles. The highest BCUT2D eigenvalue weighted by atomic mass is 16.5. The van der Waals surface area contributed by atoms with Crippen LogP contribution in [0.3, 0.4) is 0 Å². The molecule has 5 heteroatoms. The van der Waals surface area contributed by atoms with Crippen LogP contribution in [-0.4, -0.2) is 33.3 Å². The van der Waals surface area contributed by atoms with E-state index >= 15 is 0 Å². The van der Waals surface area contributed by atoms with E-state index in [2.05, 4.69) is 11.4 Å². The zero-order valence-corrected chi connectivity index (χ0v) is 16.8. The van der Waals surface area contributed by atoms with Gasteiger partial charge in [0.25, 0.3) is 0 Å². The van der Waals surface area contributed by atoms with Crippen LogP contribution < -0.4 is 19.5 Å². The van der Waals surface area contributed by atoms with Gasteiger partial charge in [-0.25, -0.2) is 0 Å². The van der Waals surface area contributed by atoms with E-state index in [0.717, 1.165) is 35.3 Å². The van der Waals surface area contributed by atoms with Crippen LogP contribution >= 0.6 is 0 Å². The van der Waals surface area contributed by atoms with E-state index in [1.165, 1.54) is 0 Å². The summed E-state index contributed by atoms with van der Waals surface area (Å²) < 4.78 is 16.4. The number of amides is 1. The molecule has 0 aliphatic heterocycles. The molecule has 0 aliphatic rings. The Morgan fingerprint density at radius 2 is 1.78 bits per heavy atom. The molecule has 0 heterocycles. The quantitative estimate of drug-likeness (QED) is 0.732. The average molecular weight is 371 g/mol. The first-order valence-corrected chi connectivity index (χ1v) is 9.13. The SMILES string of the molecule is COc1cccc(CCc2c(CC(=O)NC(C)C)ccc(OC)c2OC)c1. The summed E-state index contributed by atoms with van der Waals surface area (Å²) >= 11 is 0. The van der Waals surface area contributed by atoms with Crippen molar-refractivity contribution in [2.24, 2.45) is 0 Å². The van der Waals surface area contributed by atoms with Crippen LogP contribution in [0.25, 0.3) is 0 Å². The monoisotopic (exact) mass is 371 g/mol. The molecule has 5 nitrogen and oxygen atoms in total. The van der Waals surface area contributed by atoms with Crippen LogP contribution in [0, 0.1) is 0 Å². The molecule has 1 amide bonds. The second-order valence-electron chi connectivity index (χ2n) is 6.69. The molecule has 0 spiro atoms. The number of rotatable bonds is 9. The van der Waals surface area contributed by atoms with Gasteiger partial charge in [-0.3, -0.25) is 4.79 Å². The third-order valence-corrected chi connectivity index (χ3v) is 4.34. The summed E-state index contributed by atoms with van der Waals surface area (Å²) in [5.41, 5.74) is 3.11. The molecule has 1 N–H and O–H groups in total. The Balaban J connectivity index is 2.30. The molecule has 2 aromatic carbocycles. The normalized spacial score (nSPS) is 10.6. The van der Waals surface area contributed by atoms with Gasteiger partial charge in [-0.05, 0) is 56.0 Å². The zero-order chi connectivity index (χ0) is 19.8. The predicted octanol–water partition coefficient (Wildman–Crippen LogP) is 3.56. The van der Waals surface area contributed by atoms with E-state index in [1.54, 1.807) is 21.3 Å². The number of carbonyl (C=O) groups is 1. The Morgan fingerprint density at radius 3 is 2.41 bits per heavy atom. The highest BCUT2D eigenvalue weighted by Crippen LogP contribution is 2.35. The van der Waals surface area contributed by atoms with Gasteiger partial charge < -0.3 is 19.5 Å². The van der Waals surface area contributed by atoms with Gasteiger partial charge in [0, 0.05) is 11.6 Å². The summed E-state index contributed by atoms with van der Waals surface area (Å²) in [7, 11) is 4.91. The maximum Gasteiger partial charge on any atom is 0.224 e. The van der Waals surface area contributed by atoms with Crippen LogP contribution in [0.5, 0.6) is 17.2 Å². The number of ether oxygens (including phenoxy) is 3. The topological polar surface area (TPSA) is 56.8 Å². The van der Waals surface area contributed by atoms with Crippen molar-refractivity contribution in [3.63, 3.8) is 0 Å². The van der Waals surface area contributed by atoms with Gasteiger partial charge in [-0.1, -0.05) is 18.2 Å². The number of aryl methyl sites for hydroxylation is 1. The van der Waals surface area contributed by atoms with Gasteiger partial charge in [0.15, 0.2) is 11.5 Å². The Kier molecular flexibility index (Phi) is 7.53. The Labute approximate surface area is 161 Å². The molecule has 146 valence electrons. The first kappa shape index (κ1) is 20.6. The lowest BCUT2D eigenvalue weighted by Crippen LogP contribution is -2.31. The first-order chi connectivity index (χ1) is 13.0. The van der Waals surface area contributed by atoms with Gasteiger partial charge in [-0.15, -0.1) is 0 Å². The number of benzene rings is 2. The Hall–Kier alpha value is -2.69. The van der Waals surface area contributed by atoms with Crippen LogP contribution in [0.2, 0.25) is 0 Å². The van der Waals surface area contributed by atoms with E-state index in [1.807, 2.05) is 44.2 Å². The van der Waals surface area contributed by atoms with Crippen molar-refractivity contribution in [1.82, 2.24) is 5.32 Å². The summed E-state index contributed by atoms with van der Waals surface area (Å²) in [6, 6.07) is 11.9. The second kappa shape index (κ2) is 9.86. The lowest BCUT2D eigenvalue weighted by Gasteiger charge is -2.18. The number of hydrogen-bond donors (Lipinski definition) is 1. The lowest BCUT2D eigenvalue weighted by atomic mass is 9.96. The fourth-order valence-electron chi connectivity index (χ4n) is 3.11. The minimum absolute atomic E-state index is 0.000139. The Bertz CT molecular complexity index is 771. The van der Waals surface area contributed by atoms with Gasteiger partial charge in [0.1, 0.15) is 5.75 Å². The van der Waals surface area contributed by atoms with Gasteiger partial charge in [0.05, 0.1) is 27.8 Å². The van der Waals surface area contributed by atoms with Crippen molar-refractivity contribution >= 4 is 5.91 Å². The van der Waals surface area contributed by atoms with E-state index in [9.17, 15) is 4.79 Å². The second-order valence-corrected chi connectivity index (χ2v) is 6.69. The smallest absolute Gasteiger partial charge is 0.224 e. The molecule has 0 atom stereocenters. The van der Waals surface area contributed by atoms with Gasteiger partial charge in [0.2, 0.25) is 5.91 Å². The minimum Gasteiger partial charge on any atom is -0.497 e. The van der Waals surface area contributed by atoms with Crippen LogP contribution in [0.1, 0.15) is 30.5 Å². The van der Waals surface area contributed by atoms with E-state index in [0.29, 0.717) is 17.9 Å². The molecule has 0 fully saturated rings. The third kappa shape index (κ3) is 5.64. The molecule has 0 saturated heterocycles. The van der Waals surface area contributed by atoms with Crippen molar-refractivity contribution in [2.75, 3.05) is 21.3 Å². The fourth-order valence-corrected chi connectivity index (χ4v) is 3.11. The van der Waals surface area contributed by atoms with Crippen LogP contribution in [0.15, 0.2) is 36.4 Å². The predicted molar refractivity (Wildman–Crippen MR) is 107 cm³/mol. The van der Waals surface area contributed by atoms with Crippen molar-refractivity contribution < 1.29 is 19.0 Å². The van der Waals surface area contributed by atoms with E-state index in [4.69, 9.17) is 14.2 Å². The fraction of sp³-hybridized carbons (Fsp3) is 0.409. The summed E-state index contributed by atoms with van der Waals surface area (Å²) in [5, 5.41) is 2.95. The summed E-state index contributed by atoms with van der Waals surface area (Å²) in [6.45, 7) is 3.91. The standard InChI is InChI=1S/C22H29NO4/c1-15(2)23-21(24)14-17-10-12-20(26-4)22(27-5)19(17)11-9-16-7-6-8-18(13-16)25-3/h6-8,10,12-13,15H,9,11,14H2,1-5H3,(H,23,24). The molecule has 0 aromatic heterocycles. The van der Waals surface area contributed by atoms with E-state index in [-0.39, 0.29) is 11.9 Å². The van der Waals surface area contributed by atoms with Crippen molar-refractivity contribution in [3.8, 4) is 17.2 Å². The third-order valence-electron chi connectivity index (χ3n) is 4.34. The maximum absolute atomic E-state index is 12.3. The molecule has 0 radical (unpaired) electrons. The molecular formula is C22H29NO4. The summed E-state index contributed by atoms with van der Waals surface area (Å²) in [6.07, 6.45) is 1.85. The largest absolute Gasteiger partial charge is 0.497 e. The average Bonchev–Trinajstić information content (AvgIpc) is 2.65. The maximum atomic E-state index is 12.3. The Morgan fingerprint density at radius 1 is 1.00 bits per heavy atom. The van der Waals surface area contributed by atoms with Crippen molar-refractivity contribution in [2.45, 2.75) is 39.2 Å². The minimum atomic E-state index is -0.000139. The molecule has 27 heavy (non-hydrogen) atoms. The van der Waals surface area contributed by atoms with Crippen molar-refractivity contribution in [1.29, 1.82) is 0 Å². The van der Waals surface area contributed by atoms with Crippen LogP contribution in [-0.2, 0) is 24.1 Å². The van der Waals surface area contributed by atoms with Gasteiger partial charge in [-0.2, -0.15) is 0 Å². The van der Waals surface area contributed by atoms with Gasteiger partial charge >= 0.3 is 0 Å². The molecule has 2 rings (SSSR count). The number of hydrogen-bond acceptors (Lipinski definition) is 4. The first-order valence-electron chi connectivity index (χ1n) is 9.13. The summed E-state index contributed by atoms with van der Waals surface area (Å²) in [4.78, 5) is 12.3. The van der Waals surface area contributed by atoms with Crippen LogP contribution in [0.4, 0.5) is 0 Å². The molecule has 2 aromatic rings. The molecule has 0 unspecified atom stereocenters.